The van der Waals surface area contributed by atoms with Gasteiger partial charge < -0.3 is 10.2 Å². The lowest BCUT2D eigenvalue weighted by molar-refractivity contribution is -0.145. The van der Waals surface area contributed by atoms with E-state index in [0.29, 0.717) is 6.42 Å². The molecule has 0 spiro atoms. The first-order valence-corrected chi connectivity index (χ1v) is 5.56. The van der Waals surface area contributed by atoms with Crippen molar-refractivity contribution in [2.24, 2.45) is 11.8 Å². The van der Waals surface area contributed by atoms with Gasteiger partial charge in [0.15, 0.2) is 0 Å². The van der Waals surface area contributed by atoms with E-state index in [2.05, 4.69) is 0 Å². The van der Waals surface area contributed by atoms with Gasteiger partial charge in [0.2, 0.25) is 0 Å². The van der Waals surface area contributed by atoms with Crippen molar-refractivity contribution < 1.29 is 19.8 Å². The molecule has 4 nitrogen and oxygen atoms in total. The van der Waals surface area contributed by atoms with Crippen LogP contribution in [0.3, 0.4) is 0 Å². The Morgan fingerprint density at radius 1 is 1.13 bits per heavy atom. The molecule has 0 aromatic heterocycles. The second kappa shape index (κ2) is 5.73. The van der Waals surface area contributed by atoms with Crippen molar-refractivity contribution in [2.45, 2.75) is 44.9 Å². The Morgan fingerprint density at radius 3 is 2.40 bits per heavy atom. The van der Waals surface area contributed by atoms with Crippen molar-refractivity contribution in [3.05, 3.63) is 0 Å². The molecule has 0 bridgehead atoms. The number of hydrogen-bond acceptors (Lipinski definition) is 2. The first-order chi connectivity index (χ1) is 7.11. The Labute approximate surface area is 89.3 Å². The predicted molar refractivity (Wildman–Crippen MR) is 54.6 cm³/mol. The van der Waals surface area contributed by atoms with Crippen molar-refractivity contribution in [3.63, 3.8) is 0 Å². The van der Waals surface area contributed by atoms with Crippen LogP contribution in [0.5, 0.6) is 0 Å². The van der Waals surface area contributed by atoms with Gasteiger partial charge >= 0.3 is 11.9 Å². The van der Waals surface area contributed by atoms with Crippen LogP contribution in [0.1, 0.15) is 44.9 Å². The van der Waals surface area contributed by atoms with Gasteiger partial charge in [-0.2, -0.15) is 0 Å². The van der Waals surface area contributed by atoms with Gasteiger partial charge in [0.1, 0.15) is 0 Å². The summed E-state index contributed by atoms with van der Waals surface area (Å²) in [5.41, 5.74) is 0. The summed E-state index contributed by atoms with van der Waals surface area (Å²) in [4.78, 5) is 21.3. The summed E-state index contributed by atoms with van der Waals surface area (Å²) >= 11 is 0. The zero-order chi connectivity index (χ0) is 11.3. The minimum Gasteiger partial charge on any atom is -0.481 e. The van der Waals surface area contributed by atoms with Gasteiger partial charge in [0.05, 0.1) is 5.92 Å². The topological polar surface area (TPSA) is 74.6 Å². The zero-order valence-corrected chi connectivity index (χ0v) is 8.82. The molecule has 1 fully saturated rings. The summed E-state index contributed by atoms with van der Waals surface area (Å²) in [5, 5.41) is 17.5. The smallest absolute Gasteiger partial charge is 0.306 e. The maximum Gasteiger partial charge on any atom is 0.306 e. The van der Waals surface area contributed by atoms with E-state index in [0.717, 1.165) is 32.1 Å². The van der Waals surface area contributed by atoms with Crippen LogP contribution in [0.15, 0.2) is 0 Å². The van der Waals surface area contributed by atoms with Gasteiger partial charge in [-0.1, -0.05) is 12.8 Å². The molecule has 15 heavy (non-hydrogen) atoms. The monoisotopic (exact) mass is 214 g/mol. The normalized spacial score (nSPS) is 26.1. The number of carboxylic acids is 2. The summed E-state index contributed by atoms with van der Waals surface area (Å²) in [6, 6.07) is 0. The SMILES string of the molecule is O=C(O)CCCC1CCCCC1C(=O)O. The van der Waals surface area contributed by atoms with E-state index < -0.39 is 11.9 Å². The number of carbonyl (C=O) groups is 2. The highest BCUT2D eigenvalue weighted by atomic mass is 16.4. The lowest BCUT2D eigenvalue weighted by Crippen LogP contribution is -2.27. The third-order valence-corrected chi connectivity index (χ3v) is 3.19. The number of aliphatic carboxylic acids is 2. The standard InChI is InChI=1S/C11H18O4/c12-10(13)7-3-5-8-4-1-2-6-9(8)11(14)15/h8-9H,1-7H2,(H,12,13)(H,14,15). The lowest BCUT2D eigenvalue weighted by Gasteiger charge is -2.28. The van der Waals surface area contributed by atoms with Crippen LogP contribution in [0, 0.1) is 11.8 Å². The fourth-order valence-corrected chi connectivity index (χ4v) is 2.39. The highest BCUT2D eigenvalue weighted by Crippen LogP contribution is 2.33. The summed E-state index contributed by atoms with van der Waals surface area (Å²) in [6.07, 6.45) is 5.27. The third-order valence-electron chi connectivity index (χ3n) is 3.19. The van der Waals surface area contributed by atoms with Crippen molar-refractivity contribution in [2.75, 3.05) is 0 Å². The summed E-state index contributed by atoms with van der Waals surface area (Å²) in [5.74, 6) is -1.56. The molecule has 0 aliphatic heterocycles. The van der Waals surface area contributed by atoms with Crippen molar-refractivity contribution in [1.29, 1.82) is 0 Å². The quantitative estimate of drug-likeness (QED) is 0.735. The summed E-state index contributed by atoms with van der Waals surface area (Å²) in [6.45, 7) is 0. The Balaban J connectivity index is 2.36. The van der Waals surface area contributed by atoms with Crippen LogP contribution in [-0.4, -0.2) is 22.2 Å². The van der Waals surface area contributed by atoms with E-state index in [-0.39, 0.29) is 18.3 Å². The molecule has 1 saturated carbocycles. The molecule has 0 aromatic carbocycles. The Kier molecular flexibility index (Phi) is 4.59. The molecule has 1 aliphatic carbocycles. The van der Waals surface area contributed by atoms with Gasteiger partial charge in [0.25, 0.3) is 0 Å². The van der Waals surface area contributed by atoms with E-state index in [1.807, 2.05) is 0 Å². The number of rotatable bonds is 5. The Morgan fingerprint density at radius 2 is 1.80 bits per heavy atom. The highest BCUT2D eigenvalue weighted by Gasteiger charge is 2.30. The molecule has 2 atom stereocenters. The second-order valence-electron chi connectivity index (χ2n) is 4.28. The first-order valence-electron chi connectivity index (χ1n) is 5.56. The molecule has 1 aliphatic rings. The van der Waals surface area contributed by atoms with E-state index in [1.165, 1.54) is 0 Å². The number of hydrogen-bond donors (Lipinski definition) is 2. The molecule has 1 rings (SSSR count). The maximum atomic E-state index is 10.9. The van der Waals surface area contributed by atoms with E-state index in [9.17, 15) is 9.59 Å². The molecule has 0 radical (unpaired) electrons. The molecule has 0 saturated heterocycles. The van der Waals surface area contributed by atoms with Crippen LogP contribution >= 0.6 is 0 Å². The molecular formula is C11H18O4. The van der Waals surface area contributed by atoms with Crippen molar-refractivity contribution in [1.82, 2.24) is 0 Å². The van der Waals surface area contributed by atoms with E-state index >= 15 is 0 Å². The Bertz CT molecular complexity index is 237. The molecule has 86 valence electrons. The molecule has 0 aromatic rings. The molecule has 2 N–H and O–H groups in total. The van der Waals surface area contributed by atoms with E-state index in [4.69, 9.17) is 10.2 Å². The average molecular weight is 214 g/mol. The lowest BCUT2D eigenvalue weighted by atomic mass is 9.77. The zero-order valence-electron chi connectivity index (χ0n) is 8.82. The van der Waals surface area contributed by atoms with Gasteiger partial charge in [-0.3, -0.25) is 9.59 Å². The van der Waals surface area contributed by atoms with Crippen LogP contribution in [-0.2, 0) is 9.59 Å². The highest BCUT2D eigenvalue weighted by molar-refractivity contribution is 5.70. The maximum absolute atomic E-state index is 10.9. The summed E-state index contributed by atoms with van der Waals surface area (Å²) in [7, 11) is 0. The Hall–Kier alpha value is -1.06. The minimum absolute atomic E-state index is 0.156. The largest absolute Gasteiger partial charge is 0.481 e. The number of carboxylic acid groups (broad SMARTS) is 2. The molecule has 0 heterocycles. The average Bonchev–Trinajstić information content (AvgIpc) is 2.17. The fourth-order valence-electron chi connectivity index (χ4n) is 2.39. The van der Waals surface area contributed by atoms with Crippen molar-refractivity contribution >= 4 is 11.9 Å². The van der Waals surface area contributed by atoms with Gasteiger partial charge in [0, 0.05) is 6.42 Å². The molecule has 0 amide bonds. The molecule has 4 heteroatoms. The predicted octanol–water partition coefficient (Wildman–Crippen LogP) is 2.13. The van der Waals surface area contributed by atoms with Crippen molar-refractivity contribution in [3.8, 4) is 0 Å². The molecule has 2 unspecified atom stereocenters. The second-order valence-corrected chi connectivity index (χ2v) is 4.28. The third kappa shape index (κ3) is 3.90. The van der Waals surface area contributed by atoms with Crippen LogP contribution in [0.4, 0.5) is 0 Å². The summed E-state index contributed by atoms with van der Waals surface area (Å²) < 4.78 is 0. The van der Waals surface area contributed by atoms with Crippen LogP contribution in [0.25, 0.3) is 0 Å². The van der Waals surface area contributed by atoms with Gasteiger partial charge in [-0.15, -0.1) is 0 Å². The first kappa shape index (κ1) is 12.0. The van der Waals surface area contributed by atoms with E-state index in [1.54, 1.807) is 0 Å². The fraction of sp³-hybridized carbons (Fsp3) is 0.818. The van der Waals surface area contributed by atoms with Gasteiger partial charge in [-0.25, -0.2) is 0 Å². The molecular weight excluding hydrogens is 196 g/mol. The van der Waals surface area contributed by atoms with Crippen LogP contribution in [0.2, 0.25) is 0 Å². The minimum atomic E-state index is -0.794. The van der Waals surface area contributed by atoms with Crippen LogP contribution < -0.4 is 0 Å². The van der Waals surface area contributed by atoms with Gasteiger partial charge in [-0.05, 0) is 31.6 Å².